The largest absolute Gasteiger partial charge is 0.436 e. The van der Waals surface area contributed by atoms with Crippen LogP contribution < -0.4 is 0 Å². The highest BCUT2D eigenvalue weighted by Crippen LogP contribution is 2.26. The number of halogens is 3. The van der Waals surface area contributed by atoms with Crippen LogP contribution in [0.15, 0.2) is 11.4 Å². The van der Waals surface area contributed by atoms with Crippen LogP contribution >= 0.6 is 11.8 Å². The summed E-state index contributed by atoms with van der Waals surface area (Å²) in [6.45, 7) is 0. The molecule has 1 aromatic rings. The maximum Gasteiger partial charge on any atom is 0.436 e. The predicted molar refractivity (Wildman–Crippen MR) is 36.6 cm³/mol. The molecule has 1 heterocycles. The lowest BCUT2D eigenvalue weighted by Gasteiger charge is -2.02. The summed E-state index contributed by atoms with van der Waals surface area (Å²) in [5, 5.41) is 6.43. The summed E-state index contributed by atoms with van der Waals surface area (Å²) in [7, 11) is 0. The van der Waals surface area contributed by atoms with Crippen LogP contribution in [0.1, 0.15) is 5.69 Å². The molecule has 66 valence electrons. The molecule has 0 fully saturated rings. The fraction of sp³-hybridized carbons (Fsp3) is 0.400. The highest BCUT2D eigenvalue weighted by atomic mass is 32.2. The zero-order valence-electron chi connectivity index (χ0n) is 5.96. The highest BCUT2D eigenvalue weighted by Gasteiger charge is 2.33. The van der Waals surface area contributed by atoms with Crippen molar-refractivity contribution in [3.8, 4) is 0 Å². The van der Waals surface area contributed by atoms with E-state index in [1.54, 1.807) is 6.26 Å². The first-order valence-corrected chi connectivity index (χ1v) is 4.07. The average Bonchev–Trinajstić information content (AvgIpc) is 2.03. The predicted octanol–water partition coefficient (Wildman–Crippen LogP) is 1.61. The third-order valence-corrected chi connectivity index (χ3v) is 1.57. The fourth-order valence-corrected chi connectivity index (χ4v) is 0.769. The number of aromatic nitrogens is 3. The molecule has 0 saturated carbocycles. The Kier molecular flexibility index (Phi) is 2.51. The zero-order chi connectivity index (χ0) is 9.19. The van der Waals surface area contributed by atoms with Crippen molar-refractivity contribution in [1.29, 1.82) is 0 Å². The molecular formula is C5H4F3N3S. The minimum absolute atomic E-state index is 0.225. The van der Waals surface area contributed by atoms with Crippen LogP contribution in [0.2, 0.25) is 0 Å². The summed E-state index contributed by atoms with van der Waals surface area (Å²) in [6.07, 6.45) is -2.14. The fourth-order valence-electron chi connectivity index (χ4n) is 0.488. The number of hydrogen-bond acceptors (Lipinski definition) is 4. The van der Waals surface area contributed by atoms with Gasteiger partial charge in [0.2, 0.25) is 5.16 Å². The molecule has 0 N–H and O–H groups in total. The molecule has 0 spiro atoms. The second-order valence-corrected chi connectivity index (χ2v) is 2.60. The quantitative estimate of drug-likeness (QED) is 0.638. The molecule has 7 heteroatoms. The summed E-state index contributed by atoms with van der Waals surface area (Å²) in [5.41, 5.74) is -1.07. The first-order chi connectivity index (χ1) is 5.54. The van der Waals surface area contributed by atoms with Crippen molar-refractivity contribution >= 4 is 11.8 Å². The van der Waals surface area contributed by atoms with Gasteiger partial charge in [0.25, 0.3) is 0 Å². The second-order valence-electron chi connectivity index (χ2n) is 1.83. The van der Waals surface area contributed by atoms with E-state index in [0.29, 0.717) is 6.20 Å². The normalized spacial score (nSPS) is 11.7. The van der Waals surface area contributed by atoms with Crippen LogP contribution in [-0.4, -0.2) is 21.4 Å². The molecule has 0 aromatic carbocycles. The van der Waals surface area contributed by atoms with Crippen molar-refractivity contribution in [3.05, 3.63) is 11.9 Å². The third-order valence-electron chi connectivity index (χ3n) is 1.01. The Morgan fingerprint density at radius 1 is 1.33 bits per heavy atom. The minimum Gasteiger partial charge on any atom is -0.227 e. The standard InChI is InChI=1S/C5H4F3N3S/c1-12-4-9-2-3(10-11-4)5(6,7)8/h2H,1H3. The monoisotopic (exact) mass is 195 g/mol. The van der Waals surface area contributed by atoms with Crippen LogP contribution in [0.4, 0.5) is 13.2 Å². The van der Waals surface area contributed by atoms with E-state index in [-0.39, 0.29) is 5.16 Å². The maximum atomic E-state index is 11.9. The highest BCUT2D eigenvalue weighted by molar-refractivity contribution is 7.98. The van der Waals surface area contributed by atoms with Gasteiger partial charge in [-0.3, -0.25) is 0 Å². The van der Waals surface area contributed by atoms with Gasteiger partial charge < -0.3 is 0 Å². The summed E-state index contributed by atoms with van der Waals surface area (Å²) >= 11 is 1.14. The zero-order valence-corrected chi connectivity index (χ0v) is 6.78. The Bertz CT molecular complexity index is 258. The van der Waals surface area contributed by atoms with E-state index in [0.717, 1.165) is 11.8 Å². The Balaban J connectivity index is 2.93. The van der Waals surface area contributed by atoms with Gasteiger partial charge >= 0.3 is 6.18 Å². The molecule has 0 amide bonds. The van der Waals surface area contributed by atoms with E-state index in [4.69, 9.17) is 0 Å². The van der Waals surface area contributed by atoms with E-state index >= 15 is 0 Å². The lowest BCUT2D eigenvalue weighted by Crippen LogP contribution is -2.10. The molecule has 1 rings (SSSR count). The average molecular weight is 195 g/mol. The van der Waals surface area contributed by atoms with Crippen molar-refractivity contribution in [2.45, 2.75) is 11.3 Å². The SMILES string of the molecule is CSc1ncc(C(F)(F)F)nn1. The van der Waals surface area contributed by atoms with Crippen LogP contribution in [-0.2, 0) is 6.18 Å². The molecule has 0 atom stereocenters. The van der Waals surface area contributed by atoms with Gasteiger partial charge in [0, 0.05) is 0 Å². The van der Waals surface area contributed by atoms with Crippen LogP contribution in [0.25, 0.3) is 0 Å². The van der Waals surface area contributed by atoms with E-state index in [1.807, 2.05) is 0 Å². The van der Waals surface area contributed by atoms with Gasteiger partial charge in [-0.15, -0.1) is 10.2 Å². The molecule has 0 saturated heterocycles. The Morgan fingerprint density at radius 3 is 2.33 bits per heavy atom. The van der Waals surface area contributed by atoms with Gasteiger partial charge in [0.1, 0.15) is 0 Å². The number of rotatable bonds is 1. The first kappa shape index (κ1) is 9.24. The number of alkyl halides is 3. The molecule has 1 aromatic heterocycles. The van der Waals surface area contributed by atoms with E-state index in [1.165, 1.54) is 0 Å². The number of hydrogen-bond donors (Lipinski definition) is 0. The van der Waals surface area contributed by atoms with Crippen molar-refractivity contribution < 1.29 is 13.2 Å². The summed E-state index contributed by atoms with van der Waals surface area (Å²) in [4.78, 5) is 3.43. The van der Waals surface area contributed by atoms with Crippen molar-refractivity contribution in [2.75, 3.05) is 6.26 Å². The molecule has 0 radical (unpaired) electrons. The maximum absolute atomic E-state index is 11.9. The minimum atomic E-state index is -4.46. The summed E-state index contributed by atoms with van der Waals surface area (Å²) in [5.74, 6) is 0. The lowest BCUT2D eigenvalue weighted by molar-refractivity contribution is -0.142. The van der Waals surface area contributed by atoms with Gasteiger partial charge in [-0.05, 0) is 6.26 Å². The second kappa shape index (κ2) is 3.26. The molecule has 0 unspecified atom stereocenters. The molecule has 3 nitrogen and oxygen atoms in total. The molecule has 0 bridgehead atoms. The van der Waals surface area contributed by atoms with Crippen molar-refractivity contribution in [3.63, 3.8) is 0 Å². The third kappa shape index (κ3) is 2.07. The molecular weight excluding hydrogens is 191 g/mol. The van der Waals surface area contributed by atoms with Gasteiger partial charge in [0.05, 0.1) is 6.20 Å². The topological polar surface area (TPSA) is 38.7 Å². The van der Waals surface area contributed by atoms with Crippen molar-refractivity contribution in [1.82, 2.24) is 15.2 Å². The van der Waals surface area contributed by atoms with E-state index in [9.17, 15) is 13.2 Å². The molecule has 0 aliphatic rings. The Labute approximate surface area is 70.4 Å². The van der Waals surface area contributed by atoms with Gasteiger partial charge in [0.15, 0.2) is 5.69 Å². The lowest BCUT2D eigenvalue weighted by atomic mass is 10.5. The van der Waals surface area contributed by atoms with Crippen molar-refractivity contribution in [2.24, 2.45) is 0 Å². The van der Waals surface area contributed by atoms with E-state index < -0.39 is 11.9 Å². The smallest absolute Gasteiger partial charge is 0.227 e. The summed E-state index contributed by atoms with van der Waals surface area (Å²) < 4.78 is 35.6. The van der Waals surface area contributed by atoms with Gasteiger partial charge in [-0.25, -0.2) is 4.98 Å². The van der Waals surface area contributed by atoms with Crippen LogP contribution in [0.5, 0.6) is 0 Å². The molecule has 12 heavy (non-hydrogen) atoms. The first-order valence-electron chi connectivity index (χ1n) is 2.85. The van der Waals surface area contributed by atoms with Gasteiger partial charge in [-0.2, -0.15) is 13.2 Å². The Morgan fingerprint density at radius 2 is 2.00 bits per heavy atom. The Hall–Kier alpha value is -0.850. The van der Waals surface area contributed by atoms with Crippen LogP contribution in [0.3, 0.4) is 0 Å². The van der Waals surface area contributed by atoms with Crippen LogP contribution in [0, 0.1) is 0 Å². The number of nitrogens with zero attached hydrogens (tertiary/aromatic N) is 3. The van der Waals surface area contributed by atoms with E-state index in [2.05, 4.69) is 15.2 Å². The molecule has 0 aliphatic carbocycles. The molecule has 0 aliphatic heterocycles. The summed E-state index contributed by atoms with van der Waals surface area (Å²) in [6, 6.07) is 0. The number of thioether (sulfide) groups is 1. The van der Waals surface area contributed by atoms with Gasteiger partial charge in [-0.1, -0.05) is 11.8 Å².